The van der Waals surface area contributed by atoms with Crippen LogP contribution in [0.5, 0.6) is 0 Å². The maximum atomic E-state index is 12.3. The third-order valence-electron chi connectivity index (χ3n) is 3.60. The van der Waals surface area contributed by atoms with Gasteiger partial charge < -0.3 is 10.4 Å². The molecular weight excluding hydrogens is 330 g/mol. The number of carbonyl (C=O) groups is 1. The highest BCUT2D eigenvalue weighted by molar-refractivity contribution is 7.21. The lowest BCUT2D eigenvalue weighted by Gasteiger charge is -2.11. The van der Waals surface area contributed by atoms with E-state index in [9.17, 15) is 9.90 Å². The number of aromatic nitrogens is 2. The van der Waals surface area contributed by atoms with Crippen molar-refractivity contribution in [1.29, 1.82) is 0 Å². The van der Waals surface area contributed by atoms with Crippen LogP contribution in [-0.2, 0) is 0 Å². The smallest absolute Gasteiger partial charge is 0.261 e. The molecular formula is C16H13N3O2S2. The zero-order valence-electron chi connectivity index (χ0n) is 12.0. The molecule has 0 fully saturated rings. The summed E-state index contributed by atoms with van der Waals surface area (Å²) < 4.78 is 1.98. The third kappa shape index (κ3) is 2.63. The van der Waals surface area contributed by atoms with Crippen LogP contribution in [0.15, 0.2) is 48.0 Å². The van der Waals surface area contributed by atoms with Gasteiger partial charge in [-0.05, 0) is 11.6 Å². The summed E-state index contributed by atoms with van der Waals surface area (Å²) >= 11 is 2.93. The standard InChI is InChI=1S/C16H13N3O2S2/c20-12(10-4-2-1-3-5-10)9-17-14(21)13-8-11-15(23-13)18-16-19(11)6-7-22-16/h1-8,12,20H,9H2,(H,17,21)/t12-/m1/s1. The summed E-state index contributed by atoms with van der Waals surface area (Å²) in [5.41, 5.74) is 1.73. The first kappa shape index (κ1) is 14.4. The van der Waals surface area contributed by atoms with Crippen LogP contribution in [0.1, 0.15) is 21.3 Å². The number of imidazole rings is 1. The number of fused-ring (bicyclic) bond motifs is 3. The van der Waals surface area contributed by atoms with Crippen LogP contribution in [0.4, 0.5) is 0 Å². The van der Waals surface area contributed by atoms with Crippen LogP contribution in [-0.4, -0.2) is 26.9 Å². The first-order valence-electron chi connectivity index (χ1n) is 7.08. The average Bonchev–Trinajstić information content (AvgIpc) is 3.24. The molecule has 0 saturated heterocycles. The number of thiazole rings is 1. The topological polar surface area (TPSA) is 66.6 Å². The molecule has 0 aliphatic heterocycles. The summed E-state index contributed by atoms with van der Waals surface area (Å²) in [7, 11) is 0. The van der Waals surface area contributed by atoms with Crippen LogP contribution in [0.25, 0.3) is 15.3 Å². The van der Waals surface area contributed by atoms with E-state index in [1.165, 1.54) is 11.3 Å². The van der Waals surface area contributed by atoms with Gasteiger partial charge in [0.1, 0.15) is 4.83 Å². The van der Waals surface area contributed by atoms with E-state index in [0.717, 1.165) is 20.9 Å². The number of benzene rings is 1. The lowest BCUT2D eigenvalue weighted by atomic mass is 10.1. The van der Waals surface area contributed by atoms with E-state index in [4.69, 9.17) is 0 Å². The molecule has 0 radical (unpaired) electrons. The highest BCUT2D eigenvalue weighted by Gasteiger charge is 2.16. The van der Waals surface area contributed by atoms with E-state index in [1.54, 1.807) is 11.3 Å². The van der Waals surface area contributed by atoms with E-state index in [-0.39, 0.29) is 12.5 Å². The Balaban J connectivity index is 1.49. The molecule has 0 aliphatic carbocycles. The number of hydrogen-bond acceptors (Lipinski definition) is 5. The Morgan fingerprint density at radius 1 is 1.35 bits per heavy atom. The number of aliphatic hydroxyl groups excluding tert-OH is 1. The minimum Gasteiger partial charge on any atom is -0.387 e. The summed E-state index contributed by atoms with van der Waals surface area (Å²) in [6.45, 7) is 0.180. The normalized spacial score (nSPS) is 12.7. The van der Waals surface area contributed by atoms with E-state index < -0.39 is 6.10 Å². The molecule has 0 spiro atoms. The van der Waals surface area contributed by atoms with Gasteiger partial charge in [0.2, 0.25) is 0 Å². The van der Waals surface area contributed by atoms with Gasteiger partial charge in [-0.3, -0.25) is 9.20 Å². The molecule has 0 unspecified atom stereocenters. The number of amides is 1. The van der Waals surface area contributed by atoms with Crippen LogP contribution in [0.2, 0.25) is 0 Å². The van der Waals surface area contributed by atoms with Crippen molar-refractivity contribution in [3.8, 4) is 0 Å². The van der Waals surface area contributed by atoms with Crippen LogP contribution in [0, 0.1) is 0 Å². The fourth-order valence-corrected chi connectivity index (χ4v) is 4.15. The summed E-state index contributed by atoms with van der Waals surface area (Å²) in [4.78, 5) is 19.1. The lowest BCUT2D eigenvalue weighted by molar-refractivity contribution is 0.0920. The molecule has 5 nitrogen and oxygen atoms in total. The van der Waals surface area contributed by atoms with Gasteiger partial charge >= 0.3 is 0 Å². The monoisotopic (exact) mass is 343 g/mol. The molecule has 7 heteroatoms. The van der Waals surface area contributed by atoms with Gasteiger partial charge in [0.05, 0.1) is 16.5 Å². The molecule has 4 aromatic rings. The molecule has 4 rings (SSSR count). The summed E-state index contributed by atoms with van der Waals surface area (Å²) in [5, 5.41) is 14.8. The van der Waals surface area contributed by atoms with Crippen LogP contribution in [0.3, 0.4) is 0 Å². The Hall–Kier alpha value is -2.22. The van der Waals surface area contributed by atoms with E-state index in [2.05, 4.69) is 10.3 Å². The molecule has 2 N–H and O–H groups in total. The Morgan fingerprint density at radius 3 is 3.00 bits per heavy atom. The fraction of sp³-hybridized carbons (Fsp3) is 0.125. The number of aliphatic hydroxyl groups is 1. The number of carbonyl (C=O) groups excluding carboxylic acids is 1. The van der Waals surface area contributed by atoms with Gasteiger partial charge in [-0.25, -0.2) is 4.98 Å². The van der Waals surface area contributed by atoms with Gasteiger partial charge in [-0.2, -0.15) is 0 Å². The second-order valence-corrected chi connectivity index (χ2v) is 7.01. The Bertz CT molecular complexity index is 971. The van der Waals surface area contributed by atoms with Crippen molar-refractivity contribution in [2.24, 2.45) is 0 Å². The average molecular weight is 343 g/mol. The largest absolute Gasteiger partial charge is 0.387 e. The number of nitrogens with one attached hydrogen (secondary N) is 1. The van der Waals surface area contributed by atoms with Crippen molar-refractivity contribution in [1.82, 2.24) is 14.7 Å². The molecule has 1 aromatic carbocycles. The molecule has 0 bridgehead atoms. The summed E-state index contributed by atoms with van der Waals surface area (Å²) in [6, 6.07) is 11.1. The van der Waals surface area contributed by atoms with E-state index in [0.29, 0.717) is 4.88 Å². The van der Waals surface area contributed by atoms with Crippen LogP contribution >= 0.6 is 22.7 Å². The second kappa shape index (κ2) is 5.77. The number of thiophene rings is 1. The van der Waals surface area contributed by atoms with Crippen molar-refractivity contribution in [3.05, 3.63) is 58.4 Å². The fourth-order valence-electron chi connectivity index (χ4n) is 2.43. The first-order chi connectivity index (χ1) is 11.2. The summed E-state index contributed by atoms with van der Waals surface area (Å²) in [5.74, 6) is -0.188. The quantitative estimate of drug-likeness (QED) is 0.598. The molecule has 3 aromatic heterocycles. The van der Waals surface area contributed by atoms with Crippen molar-refractivity contribution in [2.45, 2.75) is 6.10 Å². The first-order valence-corrected chi connectivity index (χ1v) is 8.78. The van der Waals surface area contributed by atoms with Crippen LogP contribution < -0.4 is 5.32 Å². The van der Waals surface area contributed by atoms with Crippen molar-refractivity contribution in [2.75, 3.05) is 6.54 Å². The number of rotatable bonds is 4. The Morgan fingerprint density at radius 2 is 2.17 bits per heavy atom. The predicted octanol–water partition coefficient (Wildman–Crippen LogP) is 3.07. The van der Waals surface area contributed by atoms with Gasteiger partial charge in [0, 0.05) is 18.1 Å². The highest BCUT2D eigenvalue weighted by Crippen LogP contribution is 2.28. The lowest BCUT2D eigenvalue weighted by Crippen LogP contribution is -2.27. The molecule has 0 saturated carbocycles. The SMILES string of the molecule is O=C(NC[C@@H](O)c1ccccc1)c1cc2c(nc3sccn32)s1. The number of nitrogens with zero attached hydrogens (tertiary/aromatic N) is 2. The molecule has 1 atom stereocenters. The van der Waals surface area contributed by atoms with E-state index >= 15 is 0 Å². The maximum absolute atomic E-state index is 12.3. The Kier molecular flexibility index (Phi) is 3.60. The van der Waals surface area contributed by atoms with Gasteiger partial charge in [0.15, 0.2) is 4.96 Å². The van der Waals surface area contributed by atoms with Gasteiger partial charge in [-0.1, -0.05) is 30.3 Å². The molecule has 3 heterocycles. The minimum atomic E-state index is -0.713. The highest BCUT2D eigenvalue weighted by atomic mass is 32.1. The second-order valence-electron chi connectivity index (χ2n) is 5.10. The van der Waals surface area contributed by atoms with Crippen molar-refractivity contribution in [3.63, 3.8) is 0 Å². The zero-order chi connectivity index (χ0) is 15.8. The van der Waals surface area contributed by atoms with Crippen molar-refractivity contribution >= 4 is 43.9 Å². The molecule has 0 aliphatic rings. The Labute approximate surface area is 139 Å². The van der Waals surface area contributed by atoms with Gasteiger partial charge in [0.25, 0.3) is 5.91 Å². The third-order valence-corrected chi connectivity index (χ3v) is 5.38. The number of hydrogen-bond donors (Lipinski definition) is 2. The molecule has 23 heavy (non-hydrogen) atoms. The molecule has 116 valence electrons. The zero-order valence-corrected chi connectivity index (χ0v) is 13.6. The maximum Gasteiger partial charge on any atom is 0.261 e. The molecule has 1 amide bonds. The van der Waals surface area contributed by atoms with E-state index in [1.807, 2.05) is 52.4 Å². The minimum absolute atomic E-state index is 0.180. The van der Waals surface area contributed by atoms with Crippen molar-refractivity contribution < 1.29 is 9.90 Å². The van der Waals surface area contributed by atoms with Gasteiger partial charge in [-0.15, -0.1) is 22.7 Å². The predicted molar refractivity (Wildman–Crippen MR) is 92.2 cm³/mol. The summed E-state index contributed by atoms with van der Waals surface area (Å²) in [6.07, 6.45) is 1.23.